The standard InChI is InChI=1S/C14H20N2O4/c1-14(2)9-10(4-5-20-14)15-11-6-12(16(17)18)8-13(7-11)19-3/h6-8,10,15H,4-5,9H2,1-3H3. The summed E-state index contributed by atoms with van der Waals surface area (Å²) in [6.07, 6.45) is 1.74. The van der Waals surface area contributed by atoms with E-state index in [4.69, 9.17) is 9.47 Å². The second-order valence-corrected chi connectivity index (χ2v) is 5.62. The van der Waals surface area contributed by atoms with Crippen molar-refractivity contribution in [3.05, 3.63) is 28.3 Å². The molecule has 6 nitrogen and oxygen atoms in total. The van der Waals surface area contributed by atoms with Crippen molar-refractivity contribution in [3.8, 4) is 5.75 Å². The zero-order valence-electron chi connectivity index (χ0n) is 12.0. The number of nitrogens with zero attached hydrogens (tertiary/aromatic N) is 1. The molecule has 0 aliphatic carbocycles. The third-order valence-corrected chi connectivity index (χ3v) is 3.41. The number of benzene rings is 1. The van der Waals surface area contributed by atoms with Gasteiger partial charge < -0.3 is 14.8 Å². The van der Waals surface area contributed by atoms with Gasteiger partial charge in [-0.15, -0.1) is 0 Å². The smallest absolute Gasteiger partial charge is 0.275 e. The van der Waals surface area contributed by atoms with Crippen molar-refractivity contribution in [3.63, 3.8) is 0 Å². The Labute approximate surface area is 118 Å². The molecule has 0 bridgehead atoms. The number of methoxy groups -OCH3 is 1. The largest absolute Gasteiger partial charge is 0.496 e. The minimum Gasteiger partial charge on any atom is -0.496 e. The molecule has 0 aromatic heterocycles. The number of ether oxygens (including phenoxy) is 2. The first-order valence-electron chi connectivity index (χ1n) is 6.63. The fraction of sp³-hybridized carbons (Fsp3) is 0.571. The van der Waals surface area contributed by atoms with Gasteiger partial charge in [-0.05, 0) is 26.7 Å². The minimum absolute atomic E-state index is 0.0261. The first kappa shape index (κ1) is 14.6. The lowest BCUT2D eigenvalue weighted by Crippen LogP contribution is -2.40. The van der Waals surface area contributed by atoms with Crippen molar-refractivity contribution in [2.24, 2.45) is 0 Å². The molecule has 1 unspecified atom stereocenters. The molecule has 1 N–H and O–H groups in total. The van der Waals surface area contributed by atoms with Crippen LogP contribution in [-0.4, -0.2) is 30.3 Å². The van der Waals surface area contributed by atoms with E-state index >= 15 is 0 Å². The lowest BCUT2D eigenvalue weighted by atomic mass is 9.94. The summed E-state index contributed by atoms with van der Waals surface area (Å²) in [5.74, 6) is 0.480. The third-order valence-electron chi connectivity index (χ3n) is 3.41. The minimum atomic E-state index is -0.415. The van der Waals surface area contributed by atoms with Gasteiger partial charge in [-0.1, -0.05) is 0 Å². The number of nitro groups is 1. The molecule has 1 saturated heterocycles. The molecule has 0 amide bonds. The second-order valence-electron chi connectivity index (χ2n) is 5.62. The van der Waals surface area contributed by atoms with Crippen LogP contribution in [0, 0.1) is 10.1 Å². The van der Waals surface area contributed by atoms with E-state index < -0.39 is 4.92 Å². The highest BCUT2D eigenvalue weighted by molar-refractivity contribution is 5.56. The van der Waals surface area contributed by atoms with Crippen LogP contribution in [0.5, 0.6) is 5.75 Å². The maximum absolute atomic E-state index is 10.9. The van der Waals surface area contributed by atoms with Gasteiger partial charge in [-0.2, -0.15) is 0 Å². The number of non-ortho nitro benzene ring substituents is 1. The molecule has 0 saturated carbocycles. The summed E-state index contributed by atoms with van der Waals surface area (Å²) in [6, 6.07) is 4.96. The highest BCUT2D eigenvalue weighted by atomic mass is 16.6. The van der Waals surface area contributed by atoms with Crippen LogP contribution in [-0.2, 0) is 4.74 Å². The Morgan fingerprint density at radius 1 is 1.45 bits per heavy atom. The molecule has 1 heterocycles. The van der Waals surface area contributed by atoms with Gasteiger partial charge in [0.05, 0.1) is 23.7 Å². The lowest BCUT2D eigenvalue weighted by molar-refractivity contribution is -0.384. The molecule has 0 radical (unpaired) electrons. The first-order chi connectivity index (χ1) is 9.39. The molecule has 1 atom stereocenters. The fourth-order valence-corrected chi connectivity index (χ4v) is 2.48. The first-order valence-corrected chi connectivity index (χ1v) is 6.63. The van der Waals surface area contributed by atoms with Gasteiger partial charge in [0, 0.05) is 30.5 Å². The quantitative estimate of drug-likeness (QED) is 0.678. The highest BCUT2D eigenvalue weighted by Gasteiger charge is 2.29. The number of hydrogen-bond acceptors (Lipinski definition) is 5. The number of hydrogen-bond donors (Lipinski definition) is 1. The van der Waals surface area contributed by atoms with Crippen molar-refractivity contribution >= 4 is 11.4 Å². The predicted octanol–water partition coefficient (Wildman–Crippen LogP) is 2.97. The Hall–Kier alpha value is -1.82. The fourth-order valence-electron chi connectivity index (χ4n) is 2.48. The number of rotatable bonds is 4. The van der Waals surface area contributed by atoms with Gasteiger partial charge in [0.25, 0.3) is 5.69 Å². The summed E-state index contributed by atoms with van der Waals surface area (Å²) < 4.78 is 10.8. The Morgan fingerprint density at radius 3 is 2.80 bits per heavy atom. The van der Waals surface area contributed by atoms with E-state index in [9.17, 15) is 10.1 Å². The maximum atomic E-state index is 10.9. The van der Waals surface area contributed by atoms with E-state index in [1.165, 1.54) is 19.2 Å². The molecule has 1 aliphatic heterocycles. The van der Waals surface area contributed by atoms with E-state index in [1.807, 2.05) is 0 Å². The van der Waals surface area contributed by atoms with Gasteiger partial charge in [0.15, 0.2) is 0 Å². The molecule has 1 fully saturated rings. The zero-order chi connectivity index (χ0) is 14.8. The van der Waals surface area contributed by atoms with Gasteiger partial charge >= 0.3 is 0 Å². The predicted molar refractivity (Wildman–Crippen MR) is 76.3 cm³/mol. The summed E-state index contributed by atoms with van der Waals surface area (Å²) in [7, 11) is 1.50. The summed E-state index contributed by atoms with van der Waals surface area (Å²) in [4.78, 5) is 10.5. The van der Waals surface area contributed by atoms with Gasteiger partial charge in [-0.3, -0.25) is 10.1 Å². The number of nitrogens with one attached hydrogen (secondary N) is 1. The molecule has 2 rings (SSSR count). The van der Waals surface area contributed by atoms with Crippen molar-refractivity contribution in [2.45, 2.75) is 38.3 Å². The number of nitro benzene ring substituents is 1. The van der Waals surface area contributed by atoms with Crippen LogP contribution in [0.3, 0.4) is 0 Å². The van der Waals surface area contributed by atoms with Crippen LogP contribution in [0.4, 0.5) is 11.4 Å². The van der Waals surface area contributed by atoms with Gasteiger partial charge in [0.2, 0.25) is 0 Å². The van der Waals surface area contributed by atoms with Crippen LogP contribution in [0.1, 0.15) is 26.7 Å². The summed E-state index contributed by atoms with van der Waals surface area (Å²) in [6.45, 7) is 4.79. The van der Waals surface area contributed by atoms with Gasteiger partial charge in [-0.25, -0.2) is 0 Å². The SMILES string of the molecule is COc1cc(NC2CCOC(C)(C)C2)cc([N+](=O)[O-])c1. The van der Waals surface area contributed by atoms with E-state index in [0.717, 1.165) is 12.8 Å². The van der Waals surface area contributed by atoms with Crippen molar-refractivity contribution in [1.29, 1.82) is 0 Å². The Kier molecular flexibility index (Phi) is 4.13. The molecule has 1 aromatic rings. The molecule has 0 spiro atoms. The van der Waals surface area contributed by atoms with Crippen LogP contribution in [0.15, 0.2) is 18.2 Å². The highest BCUT2D eigenvalue weighted by Crippen LogP contribution is 2.30. The maximum Gasteiger partial charge on any atom is 0.275 e. The molecule has 1 aromatic carbocycles. The van der Waals surface area contributed by atoms with E-state index in [-0.39, 0.29) is 17.3 Å². The molecule has 6 heteroatoms. The van der Waals surface area contributed by atoms with Crippen LogP contribution in [0.2, 0.25) is 0 Å². The average Bonchev–Trinajstić information content (AvgIpc) is 2.37. The summed E-state index contributed by atoms with van der Waals surface area (Å²) >= 11 is 0. The Bertz CT molecular complexity index is 502. The normalized spacial score (nSPS) is 21.2. The lowest BCUT2D eigenvalue weighted by Gasteiger charge is -2.36. The Balaban J connectivity index is 2.16. The molecule has 20 heavy (non-hydrogen) atoms. The third kappa shape index (κ3) is 3.60. The van der Waals surface area contributed by atoms with Gasteiger partial charge in [0.1, 0.15) is 5.75 Å². The van der Waals surface area contributed by atoms with E-state index in [0.29, 0.717) is 18.0 Å². The van der Waals surface area contributed by atoms with Crippen LogP contribution in [0.25, 0.3) is 0 Å². The number of anilines is 1. The van der Waals surface area contributed by atoms with Crippen LogP contribution >= 0.6 is 0 Å². The van der Waals surface area contributed by atoms with Crippen molar-refractivity contribution < 1.29 is 14.4 Å². The zero-order valence-corrected chi connectivity index (χ0v) is 12.0. The van der Waals surface area contributed by atoms with Crippen molar-refractivity contribution in [2.75, 3.05) is 19.0 Å². The molecule has 110 valence electrons. The van der Waals surface area contributed by atoms with E-state index in [1.54, 1.807) is 6.07 Å². The van der Waals surface area contributed by atoms with E-state index in [2.05, 4.69) is 19.2 Å². The second kappa shape index (κ2) is 5.66. The Morgan fingerprint density at radius 2 is 2.20 bits per heavy atom. The van der Waals surface area contributed by atoms with Crippen molar-refractivity contribution in [1.82, 2.24) is 0 Å². The summed E-state index contributed by atoms with van der Waals surface area (Å²) in [5, 5.41) is 14.3. The molecular formula is C14H20N2O4. The monoisotopic (exact) mass is 280 g/mol. The summed E-state index contributed by atoms with van der Waals surface area (Å²) in [5.41, 5.74) is 0.567. The topological polar surface area (TPSA) is 73.6 Å². The van der Waals surface area contributed by atoms with Crippen LogP contribution < -0.4 is 10.1 Å². The average molecular weight is 280 g/mol. The molecule has 1 aliphatic rings. The molecular weight excluding hydrogens is 260 g/mol.